The van der Waals surface area contributed by atoms with E-state index in [1.807, 2.05) is 24.3 Å². The first-order valence-electron chi connectivity index (χ1n) is 11.0. The average molecular weight is 464 g/mol. The van der Waals surface area contributed by atoms with Crippen LogP contribution in [0.3, 0.4) is 0 Å². The van der Waals surface area contributed by atoms with Gasteiger partial charge in [-0.3, -0.25) is 5.41 Å². The second-order valence-corrected chi connectivity index (χ2v) is 9.04. The van der Waals surface area contributed by atoms with Gasteiger partial charge in [-0.2, -0.15) is 0 Å². The van der Waals surface area contributed by atoms with Crippen LogP contribution < -0.4 is 15.0 Å². The number of nitrogens with one attached hydrogen (secondary N) is 2. The van der Waals surface area contributed by atoms with Crippen LogP contribution in [0.2, 0.25) is 0 Å². The molecule has 2 unspecified atom stereocenters. The van der Waals surface area contributed by atoms with Crippen LogP contribution in [0.25, 0.3) is 11.2 Å². The third kappa shape index (κ3) is 4.90. The van der Waals surface area contributed by atoms with Crippen molar-refractivity contribution in [1.29, 1.82) is 5.41 Å². The summed E-state index contributed by atoms with van der Waals surface area (Å²) in [5.74, 6) is 2.28. The summed E-state index contributed by atoms with van der Waals surface area (Å²) in [6.45, 7) is 5.24. The molecule has 2 aromatic heterocycles. The summed E-state index contributed by atoms with van der Waals surface area (Å²) in [6.07, 6.45) is 2.80. The van der Waals surface area contributed by atoms with Crippen molar-refractivity contribution in [2.24, 2.45) is 5.92 Å². The van der Waals surface area contributed by atoms with Crippen LogP contribution >= 0.6 is 11.8 Å². The molecule has 0 amide bonds. The summed E-state index contributed by atoms with van der Waals surface area (Å²) >= 11 is 1.44. The van der Waals surface area contributed by atoms with Gasteiger partial charge in [-0.25, -0.2) is 9.97 Å². The maximum atomic E-state index is 8.31. The highest BCUT2D eigenvalue weighted by Crippen LogP contribution is 2.37. The molecular weight excluding hydrogens is 434 g/mol. The van der Waals surface area contributed by atoms with Crippen molar-refractivity contribution >= 4 is 22.9 Å². The van der Waals surface area contributed by atoms with Gasteiger partial charge >= 0.3 is 0 Å². The van der Waals surface area contributed by atoms with Crippen LogP contribution in [-0.4, -0.2) is 33.7 Å². The summed E-state index contributed by atoms with van der Waals surface area (Å²) < 4.78 is 12.9. The Morgan fingerprint density at radius 2 is 1.91 bits per heavy atom. The molecule has 0 aliphatic rings. The lowest BCUT2D eigenvalue weighted by molar-refractivity contribution is 0.394. The lowest BCUT2D eigenvalue weighted by Crippen LogP contribution is -2.20. The molecule has 0 aliphatic heterocycles. The number of aromatic amines is 1. The fraction of sp³-hybridized carbons (Fsp3) is 0.320. The Morgan fingerprint density at radius 1 is 1.12 bits per heavy atom. The molecule has 4 aromatic rings. The average Bonchev–Trinajstić information content (AvgIpc) is 3.28. The highest BCUT2D eigenvalue weighted by Gasteiger charge is 2.21. The number of fused-ring (bicyclic) bond motifs is 1. The number of hydrogen-bond donors (Lipinski definition) is 2. The largest absolute Gasteiger partial charge is 0.497 e. The number of imidazole rings is 1. The van der Waals surface area contributed by atoms with Crippen molar-refractivity contribution in [3.63, 3.8) is 0 Å². The molecule has 33 heavy (non-hydrogen) atoms. The van der Waals surface area contributed by atoms with Gasteiger partial charge in [0, 0.05) is 12.5 Å². The quantitative estimate of drug-likeness (QED) is 0.354. The predicted octanol–water partition coefficient (Wildman–Crippen LogP) is 5.24. The highest BCUT2D eigenvalue weighted by molar-refractivity contribution is 7.99. The Kier molecular flexibility index (Phi) is 7.03. The number of aromatic nitrogens is 4. The van der Waals surface area contributed by atoms with Gasteiger partial charge in [0.25, 0.3) is 0 Å². The number of H-pyrrole nitrogens is 1. The van der Waals surface area contributed by atoms with Crippen LogP contribution in [0.1, 0.15) is 31.7 Å². The molecule has 2 heterocycles. The number of hydrogen-bond acceptors (Lipinski definition) is 6. The molecular formula is C25H29N5O2S. The second kappa shape index (κ2) is 10.1. The third-order valence-corrected chi connectivity index (χ3v) is 6.95. The zero-order valence-corrected chi connectivity index (χ0v) is 20.1. The monoisotopic (exact) mass is 463 g/mol. The number of ether oxygens (including phenoxy) is 2. The molecule has 2 atom stereocenters. The molecule has 2 aromatic carbocycles. The molecule has 0 saturated heterocycles. The van der Waals surface area contributed by atoms with E-state index in [-0.39, 0.29) is 5.49 Å². The molecule has 0 aliphatic carbocycles. The van der Waals surface area contributed by atoms with E-state index in [1.165, 1.54) is 17.3 Å². The number of methoxy groups -OCH3 is 2. The normalized spacial score (nSPS) is 13.1. The van der Waals surface area contributed by atoms with E-state index in [4.69, 9.17) is 19.9 Å². The molecule has 172 valence electrons. The van der Waals surface area contributed by atoms with Gasteiger partial charge in [-0.1, -0.05) is 50.6 Å². The van der Waals surface area contributed by atoms with E-state index in [0.29, 0.717) is 22.5 Å². The topological polar surface area (TPSA) is 88.8 Å². The lowest BCUT2D eigenvalue weighted by atomic mass is 9.85. The van der Waals surface area contributed by atoms with Gasteiger partial charge in [0.2, 0.25) is 0 Å². The number of rotatable bonds is 9. The summed E-state index contributed by atoms with van der Waals surface area (Å²) in [5.41, 5.74) is 2.83. The summed E-state index contributed by atoms with van der Waals surface area (Å²) in [7, 11) is 3.28. The Bertz CT molecular complexity index is 1290. The van der Waals surface area contributed by atoms with Crippen LogP contribution in [0.5, 0.6) is 11.5 Å². The maximum Gasteiger partial charge on any atom is 0.173 e. The van der Waals surface area contributed by atoms with Crippen LogP contribution in [-0.2, 0) is 6.54 Å². The molecule has 0 fully saturated rings. The van der Waals surface area contributed by atoms with Crippen LogP contribution in [0, 0.1) is 11.3 Å². The molecule has 2 N–H and O–H groups in total. The van der Waals surface area contributed by atoms with Crippen molar-refractivity contribution in [2.45, 2.75) is 42.8 Å². The fourth-order valence-electron chi connectivity index (χ4n) is 3.92. The van der Waals surface area contributed by atoms with Gasteiger partial charge < -0.3 is 19.0 Å². The van der Waals surface area contributed by atoms with Gasteiger partial charge in [0.1, 0.15) is 17.0 Å². The fourth-order valence-corrected chi connectivity index (χ4v) is 4.84. The van der Waals surface area contributed by atoms with E-state index >= 15 is 0 Å². The lowest BCUT2D eigenvalue weighted by Gasteiger charge is -2.24. The summed E-state index contributed by atoms with van der Waals surface area (Å²) in [4.78, 5) is 13.3. The summed E-state index contributed by atoms with van der Waals surface area (Å²) in [5, 5.41) is 8.99. The molecule has 0 radical (unpaired) electrons. The van der Waals surface area contributed by atoms with Crippen molar-refractivity contribution in [1.82, 2.24) is 19.5 Å². The van der Waals surface area contributed by atoms with Crippen molar-refractivity contribution in [2.75, 3.05) is 14.2 Å². The second-order valence-electron chi connectivity index (χ2n) is 8.01. The maximum absolute atomic E-state index is 8.31. The first-order valence-corrected chi connectivity index (χ1v) is 11.8. The Morgan fingerprint density at radius 3 is 2.61 bits per heavy atom. The van der Waals surface area contributed by atoms with E-state index < -0.39 is 0 Å². The molecule has 0 saturated carbocycles. The smallest absolute Gasteiger partial charge is 0.173 e. The number of nitrogens with zero attached hydrogens (tertiary/aromatic N) is 3. The molecule has 8 heteroatoms. The van der Waals surface area contributed by atoms with E-state index in [1.54, 1.807) is 20.5 Å². The number of benzene rings is 2. The van der Waals surface area contributed by atoms with Gasteiger partial charge in [0.05, 0.1) is 25.4 Å². The van der Waals surface area contributed by atoms with Crippen molar-refractivity contribution < 1.29 is 9.47 Å². The standard InChI is InChI=1S/C25H29N5O2S/c1-5-16(2)19(17-9-7-6-8-10-17)14-30-15-27-23(26)22-24(30)29-25(28-22)33-21-13-18(31-3)11-12-20(21)32-4/h6-13,15-16,19,26H,5,14H2,1-4H3,(H,28,29). The highest BCUT2D eigenvalue weighted by atomic mass is 32.2. The first-order chi connectivity index (χ1) is 16.0. The minimum atomic E-state index is 0.179. The van der Waals surface area contributed by atoms with Gasteiger partial charge in [0.15, 0.2) is 16.3 Å². The molecule has 0 spiro atoms. The van der Waals surface area contributed by atoms with E-state index in [2.05, 4.69) is 52.6 Å². The van der Waals surface area contributed by atoms with Crippen molar-refractivity contribution in [3.05, 3.63) is 65.9 Å². The van der Waals surface area contributed by atoms with Crippen LogP contribution in [0.15, 0.2) is 64.9 Å². The zero-order valence-electron chi connectivity index (χ0n) is 19.3. The van der Waals surface area contributed by atoms with Crippen LogP contribution in [0.4, 0.5) is 0 Å². The van der Waals surface area contributed by atoms with Gasteiger partial charge in [-0.15, -0.1) is 0 Å². The van der Waals surface area contributed by atoms with E-state index in [9.17, 15) is 0 Å². The molecule has 4 rings (SSSR count). The van der Waals surface area contributed by atoms with E-state index in [0.717, 1.165) is 35.0 Å². The summed E-state index contributed by atoms with van der Waals surface area (Å²) in [6, 6.07) is 16.2. The molecule has 7 nitrogen and oxygen atoms in total. The van der Waals surface area contributed by atoms with Crippen molar-refractivity contribution in [3.8, 4) is 11.5 Å². The molecule has 0 bridgehead atoms. The zero-order chi connectivity index (χ0) is 23.4. The minimum absolute atomic E-state index is 0.179. The Hall–Kier alpha value is -3.26. The van der Waals surface area contributed by atoms with Gasteiger partial charge in [-0.05, 0) is 41.4 Å². The minimum Gasteiger partial charge on any atom is -0.497 e. The first kappa shape index (κ1) is 22.9. The Labute approximate surface area is 197 Å². The third-order valence-electron chi connectivity index (χ3n) is 6.03. The Balaban J connectivity index is 1.72. The SMILES string of the molecule is CCC(C)C(Cn1cnc(=N)c2[nH]c(Sc3cc(OC)ccc3OC)nc21)c1ccccc1. The predicted molar refractivity (Wildman–Crippen MR) is 130 cm³/mol.